The Labute approximate surface area is 167 Å². The van der Waals surface area contributed by atoms with Crippen LogP contribution < -0.4 is 5.32 Å². The van der Waals surface area contributed by atoms with Gasteiger partial charge in [-0.25, -0.2) is 0 Å². The summed E-state index contributed by atoms with van der Waals surface area (Å²) in [5, 5.41) is 2.65. The van der Waals surface area contributed by atoms with Gasteiger partial charge in [-0.05, 0) is 63.6 Å². The van der Waals surface area contributed by atoms with Crippen molar-refractivity contribution in [2.75, 3.05) is 5.32 Å². The number of alkyl halides is 3. The molecule has 1 unspecified atom stereocenters. The molecule has 0 bridgehead atoms. The lowest BCUT2D eigenvalue weighted by Crippen LogP contribution is -2.30. The van der Waals surface area contributed by atoms with Gasteiger partial charge in [0.1, 0.15) is 5.60 Å². The average Bonchev–Trinajstić information content (AvgIpc) is 3.36. The Morgan fingerprint density at radius 1 is 1.25 bits per heavy atom. The molecule has 1 fully saturated rings. The molecule has 156 valence electrons. The van der Waals surface area contributed by atoms with Gasteiger partial charge in [-0.2, -0.15) is 13.2 Å². The minimum atomic E-state index is -4.39. The molecule has 1 saturated carbocycles. The highest BCUT2D eigenvalue weighted by Crippen LogP contribution is 2.40. The third kappa shape index (κ3) is 7.70. The molecule has 0 radical (unpaired) electrons. The number of ether oxygens (including phenoxy) is 1. The Morgan fingerprint density at radius 3 is 2.43 bits per heavy atom. The highest BCUT2D eigenvalue weighted by Gasteiger charge is 2.38. The summed E-state index contributed by atoms with van der Waals surface area (Å²) in [6.45, 7) is 5.43. The van der Waals surface area contributed by atoms with Crippen molar-refractivity contribution in [3.8, 4) is 0 Å². The first-order valence-electron chi connectivity index (χ1n) is 9.22. The lowest BCUT2D eigenvalue weighted by molar-refractivity contribution is -0.160. The Morgan fingerprint density at radius 2 is 1.89 bits per heavy atom. The summed E-state index contributed by atoms with van der Waals surface area (Å²) in [6.07, 6.45) is -3.93. The normalized spacial score (nSPS) is 15.8. The van der Waals surface area contributed by atoms with E-state index in [-0.39, 0.29) is 28.5 Å². The van der Waals surface area contributed by atoms with E-state index < -0.39 is 30.5 Å². The topological polar surface area (TPSA) is 55.4 Å². The van der Waals surface area contributed by atoms with Crippen molar-refractivity contribution in [2.45, 2.75) is 64.7 Å². The average molecular weight is 420 g/mol. The van der Waals surface area contributed by atoms with Crippen LogP contribution in [0.15, 0.2) is 18.2 Å². The molecule has 1 aromatic rings. The van der Waals surface area contributed by atoms with Gasteiger partial charge in [-0.1, -0.05) is 17.7 Å². The largest absolute Gasteiger partial charge is 0.460 e. The van der Waals surface area contributed by atoms with Crippen LogP contribution in [0.2, 0.25) is 5.02 Å². The zero-order chi connectivity index (χ0) is 21.1. The molecule has 1 N–H and O–H groups in total. The quantitative estimate of drug-likeness (QED) is 0.591. The fourth-order valence-corrected chi connectivity index (χ4v) is 3.00. The summed E-state index contributed by atoms with van der Waals surface area (Å²) in [6, 6.07) is 4.91. The van der Waals surface area contributed by atoms with Gasteiger partial charge in [-0.3, -0.25) is 9.59 Å². The maximum atomic E-state index is 12.5. The number of hydrogen-bond acceptors (Lipinski definition) is 3. The molecule has 0 aliphatic heterocycles. The van der Waals surface area contributed by atoms with Gasteiger partial charge < -0.3 is 10.1 Å². The third-order valence-corrected chi connectivity index (χ3v) is 4.63. The summed E-state index contributed by atoms with van der Waals surface area (Å²) in [4.78, 5) is 24.3. The van der Waals surface area contributed by atoms with Crippen molar-refractivity contribution in [3.63, 3.8) is 0 Å². The van der Waals surface area contributed by atoms with Crippen LogP contribution in [0.1, 0.15) is 52.0 Å². The highest BCUT2D eigenvalue weighted by molar-refractivity contribution is 6.33. The first-order valence-corrected chi connectivity index (χ1v) is 9.60. The molecular formula is C20H25ClF3NO3. The zero-order valence-electron chi connectivity index (χ0n) is 16.2. The number of amides is 1. The molecule has 1 atom stereocenters. The van der Waals surface area contributed by atoms with E-state index in [2.05, 4.69) is 5.32 Å². The molecule has 2 rings (SSSR count). The molecule has 0 heterocycles. The summed E-state index contributed by atoms with van der Waals surface area (Å²) in [7, 11) is 0. The van der Waals surface area contributed by atoms with Gasteiger partial charge in [0.25, 0.3) is 0 Å². The van der Waals surface area contributed by atoms with Crippen molar-refractivity contribution < 1.29 is 27.5 Å². The second kappa shape index (κ2) is 8.72. The second-order valence-electron chi connectivity index (χ2n) is 8.16. The van der Waals surface area contributed by atoms with Crippen molar-refractivity contribution in [1.82, 2.24) is 0 Å². The Balaban J connectivity index is 2.06. The van der Waals surface area contributed by atoms with Gasteiger partial charge >= 0.3 is 12.1 Å². The molecule has 1 amide bonds. The predicted octanol–water partition coefficient (Wildman–Crippen LogP) is 5.53. The monoisotopic (exact) mass is 419 g/mol. The fraction of sp³-hybridized carbons (Fsp3) is 0.600. The summed E-state index contributed by atoms with van der Waals surface area (Å²) < 4.78 is 42.3. The number of rotatable bonds is 7. The number of nitrogens with one attached hydrogen (secondary N) is 1. The van der Waals surface area contributed by atoms with E-state index in [1.54, 1.807) is 18.2 Å². The summed E-state index contributed by atoms with van der Waals surface area (Å²) in [5.41, 5.74) is 0.422. The van der Waals surface area contributed by atoms with E-state index in [4.69, 9.17) is 16.3 Å². The van der Waals surface area contributed by atoms with Gasteiger partial charge in [0.2, 0.25) is 5.91 Å². The van der Waals surface area contributed by atoms with E-state index in [1.165, 1.54) is 0 Å². The summed E-state index contributed by atoms with van der Waals surface area (Å²) >= 11 is 6.06. The Bertz CT molecular complexity index is 724. The zero-order valence-corrected chi connectivity index (χ0v) is 16.9. The van der Waals surface area contributed by atoms with Crippen molar-refractivity contribution in [2.24, 2.45) is 11.8 Å². The fourth-order valence-electron chi connectivity index (χ4n) is 2.84. The molecule has 1 aliphatic carbocycles. The minimum Gasteiger partial charge on any atom is -0.460 e. The van der Waals surface area contributed by atoms with Crippen molar-refractivity contribution in [3.05, 3.63) is 28.8 Å². The molecule has 28 heavy (non-hydrogen) atoms. The number of carbonyl (C=O) groups is 2. The highest BCUT2D eigenvalue weighted by atomic mass is 35.5. The molecule has 1 aliphatic rings. The number of carbonyl (C=O) groups excluding carboxylic acids is 2. The van der Waals surface area contributed by atoms with Gasteiger partial charge in [0.15, 0.2) is 0 Å². The lowest BCUT2D eigenvalue weighted by Gasteiger charge is -2.24. The van der Waals surface area contributed by atoms with E-state index in [0.717, 1.165) is 18.4 Å². The van der Waals surface area contributed by atoms with E-state index in [0.29, 0.717) is 6.42 Å². The van der Waals surface area contributed by atoms with Crippen LogP contribution in [0.3, 0.4) is 0 Å². The van der Waals surface area contributed by atoms with Crippen LogP contribution in [0.5, 0.6) is 0 Å². The van der Waals surface area contributed by atoms with Crippen LogP contribution >= 0.6 is 11.6 Å². The smallest absolute Gasteiger partial charge is 0.389 e. The lowest BCUT2D eigenvalue weighted by atomic mass is 9.94. The van der Waals surface area contributed by atoms with Crippen LogP contribution in [-0.4, -0.2) is 23.7 Å². The van der Waals surface area contributed by atoms with Crippen LogP contribution in [0.25, 0.3) is 0 Å². The second-order valence-corrected chi connectivity index (χ2v) is 8.57. The number of hydrogen-bond donors (Lipinski definition) is 1. The number of esters is 1. The molecule has 0 aromatic heterocycles. The van der Waals surface area contributed by atoms with Crippen LogP contribution in [-0.2, 0) is 20.7 Å². The first-order chi connectivity index (χ1) is 12.8. The third-order valence-electron chi connectivity index (χ3n) is 4.30. The van der Waals surface area contributed by atoms with Gasteiger partial charge in [0, 0.05) is 6.42 Å². The number of halogens is 4. The van der Waals surface area contributed by atoms with Crippen LogP contribution in [0, 0.1) is 11.8 Å². The van der Waals surface area contributed by atoms with E-state index in [1.807, 2.05) is 20.8 Å². The van der Waals surface area contributed by atoms with Gasteiger partial charge in [-0.15, -0.1) is 0 Å². The van der Waals surface area contributed by atoms with Crippen molar-refractivity contribution in [1.29, 1.82) is 0 Å². The SMILES string of the molecule is CC(C)(C)OC(=O)C(Cc1ccc(Cl)c(NC(=O)CCC(F)(F)F)c1)C1CC1. The maximum Gasteiger partial charge on any atom is 0.389 e. The Hall–Kier alpha value is -1.76. The standard InChI is InChI=1S/C20H25ClF3NO3/c1-19(2,3)28-18(27)14(13-5-6-13)10-12-4-7-15(21)16(11-12)25-17(26)8-9-20(22,23)24/h4,7,11,13-14H,5-6,8-10H2,1-3H3,(H,25,26). The molecule has 0 spiro atoms. The first kappa shape index (κ1) is 22.5. The Kier molecular flexibility index (Phi) is 7.02. The summed E-state index contributed by atoms with van der Waals surface area (Å²) in [5.74, 6) is -1.06. The van der Waals surface area contributed by atoms with Crippen LogP contribution in [0.4, 0.5) is 18.9 Å². The van der Waals surface area contributed by atoms with Crippen molar-refractivity contribution >= 4 is 29.2 Å². The minimum absolute atomic E-state index is 0.226. The number of benzene rings is 1. The maximum absolute atomic E-state index is 12.5. The number of anilines is 1. The van der Waals surface area contributed by atoms with E-state index >= 15 is 0 Å². The molecule has 4 nitrogen and oxygen atoms in total. The molecular weight excluding hydrogens is 395 g/mol. The molecule has 8 heteroatoms. The van der Waals surface area contributed by atoms with E-state index in [9.17, 15) is 22.8 Å². The molecule has 1 aromatic carbocycles. The predicted molar refractivity (Wildman–Crippen MR) is 101 cm³/mol. The molecule has 0 saturated heterocycles. The van der Waals surface area contributed by atoms with Gasteiger partial charge in [0.05, 0.1) is 23.0 Å².